The Labute approximate surface area is 116 Å². The van der Waals surface area contributed by atoms with Gasteiger partial charge in [-0.1, -0.05) is 20.8 Å². The van der Waals surface area contributed by atoms with Gasteiger partial charge >= 0.3 is 11.9 Å². The van der Waals surface area contributed by atoms with Gasteiger partial charge in [0.1, 0.15) is 5.82 Å². The third-order valence-corrected chi connectivity index (χ3v) is 2.94. The van der Waals surface area contributed by atoms with Crippen molar-refractivity contribution in [2.24, 2.45) is 0 Å². The Hall–Kier alpha value is -2.37. The molecule has 6 heteroatoms. The number of imidazole rings is 1. The average Bonchev–Trinajstić information content (AvgIpc) is 2.76. The zero-order valence-electron chi connectivity index (χ0n) is 11.8. The summed E-state index contributed by atoms with van der Waals surface area (Å²) in [6.07, 6.45) is 1.64. The number of carboxylic acids is 1. The number of aromatic carboxylic acids is 1. The van der Waals surface area contributed by atoms with Gasteiger partial charge in [-0.2, -0.15) is 0 Å². The molecule has 20 heavy (non-hydrogen) atoms. The molecule has 0 aromatic carbocycles. The van der Waals surface area contributed by atoms with Gasteiger partial charge in [-0.15, -0.1) is 0 Å². The fourth-order valence-electron chi connectivity index (χ4n) is 2.02. The molecular formula is C14H16N2O4. The summed E-state index contributed by atoms with van der Waals surface area (Å²) in [5, 5.41) is 9.26. The lowest BCUT2D eigenvalue weighted by Crippen LogP contribution is -2.16. The summed E-state index contributed by atoms with van der Waals surface area (Å²) in [6.45, 7) is 5.84. The molecule has 1 N–H and O–H groups in total. The standard InChI is InChI=1S/C14H16N2O4/c1-14(2,3)13-15-10(11(17)18)9-7-8(12(19)20-4)5-6-16(9)13/h5-7H,1-4H3,(H,17,18). The number of rotatable bonds is 2. The van der Waals surface area contributed by atoms with Crippen molar-refractivity contribution in [1.82, 2.24) is 9.38 Å². The van der Waals surface area contributed by atoms with Crippen molar-refractivity contribution in [1.29, 1.82) is 0 Å². The maximum absolute atomic E-state index is 11.5. The molecule has 0 aliphatic heterocycles. The smallest absolute Gasteiger partial charge is 0.356 e. The summed E-state index contributed by atoms with van der Waals surface area (Å²) < 4.78 is 6.33. The van der Waals surface area contributed by atoms with Crippen molar-refractivity contribution < 1.29 is 19.4 Å². The summed E-state index contributed by atoms with van der Waals surface area (Å²) in [5.41, 5.74) is 0.289. The molecule has 0 aliphatic carbocycles. The Morgan fingerprint density at radius 3 is 2.50 bits per heavy atom. The lowest BCUT2D eigenvalue weighted by molar-refractivity contribution is 0.0599. The van der Waals surface area contributed by atoms with Crippen LogP contribution in [0.2, 0.25) is 0 Å². The van der Waals surface area contributed by atoms with E-state index in [0.29, 0.717) is 16.9 Å². The van der Waals surface area contributed by atoms with Crippen LogP contribution < -0.4 is 0 Å². The first kappa shape index (κ1) is 14.0. The van der Waals surface area contributed by atoms with Crippen LogP contribution in [0, 0.1) is 0 Å². The topological polar surface area (TPSA) is 80.9 Å². The molecule has 0 fully saturated rings. The Kier molecular flexibility index (Phi) is 3.25. The molecule has 0 saturated heterocycles. The molecule has 2 aromatic rings. The molecule has 2 rings (SSSR count). The van der Waals surface area contributed by atoms with Crippen LogP contribution in [0.4, 0.5) is 0 Å². The normalized spacial score (nSPS) is 11.6. The Morgan fingerprint density at radius 2 is 2.00 bits per heavy atom. The number of carbonyl (C=O) groups is 2. The first-order valence-electron chi connectivity index (χ1n) is 6.10. The molecule has 2 aromatic heterocycles. The summed E-state index contributed by atoms with van der Waals surface area (Å²) in [5.74, 6) is -1.01. The number of esters is 1. The number of hydrogen-bond donors (Lipinski definition) is 1. The minimum atomic E-state index is -1.12. The van der Waals surface area contributed by atoms with Crippen LogP contribution in [0.25, 0.3) is 5.52 Å². The van der Waals surface area contributed by atoms with Crippen molar-refractivity contribution in [2.45, 2.75) is 26.2 Å². The zero-order chi connectivity index (χ0) is 15.1. The van der Waals surface area contributed by atoms with Crippen LogP contribution in [-0.4, -0.2) is 33.5 Å². The third-order valence-electron chi connectivity index (χ3n) is 2.94. The predicted octanol–water partition coefficient (Wildman–Crippen LogP) is 2.12. The molecule has 0 radical (unpaired) electrons. The molecule has 0 aliphatic rings. The van der Waals surface area contributed by atoms with E-state index in [-0.39, 0.29) is 11.1 Å². The van der Waals surface area contributed by atoms with Gasteiger partial charge in [0, 0.05) is 11.6 Å². The van der Waals surface area contributed by atoms with E-state index in [1.807, 2.05) is 20.8 Å². The van der Waals surface area contributed by atoms with Crippen LogP contribution in [0.5, 0.6) is 0 Å². The van der Waals surface area contributed by atoms with Gasteiger partial charge in [-0.25, -0.2) is 14.6 Å². The second-order valence-electron chi connectivity index (χ2n) is 5.50. The van der Waals surface area contributed by atoms with E-state index < -0.39 is 11.9 Å². The quantitative estimate of drug-likeness (QED) is 0.850. The highest BCUT2D eigenvalue weighted by molar-refractivity contribution is 5.97. The second-order valence-corrected chi connectivity index (χ2v) is 5.50. The summed E-state index contributed by atoms with van der Waals surface area (Å²) in [6, 6.07) is 3.07. The summed E-state index contributed by atoms with van der Waals surface area (Å²) in [4.78, 5) is 27.1. The van der Waals surface area contributed by atoms with Gasteiger partial charge in [0.2, 0.25) is 0 Å². The highest BCUT2D eigenvalue weighted by Crippen LogP contribution is 2.25. The average molecular weight is 276 g/mol. The van der Waals surface area contributed by atoms with E-state index in [4.69, 9.17) is 0 Å². The Morgan fingerprint density at radius 1 is 1.35 bits per heavy atom. The minimum Gasteiger partial charge on any atom is -0.476 e. The highest BCUT2D eigenvalue weighted by Gasteiger charge is 2.25. The van der Waals surface area contributed by atoms with Crippen molar-refractivity contribution in [2.75, 3.05) is 7.11 Å². The number of methoxy groups -OCH3 is 1. The van der Waals surface area contributed by atoms with E-state index in [1.165, 1.54) is 13.2 Å². The lowest BCUT2D eigenvalue weighted by Gasteiger charge is -2.16. The predicted molar refractivity (Wildman–Crippen MR) is 72.2 cm³/mol. The maximum atomic E-state index is 11.5. The number of hydrogen-bond acceptors (Lipinski definition) is 4. The van der Waals surface area contributed by atoms with Crippen molar-refractivity contribution in [3.05, 3.63) is 35.4 Å². The summed E-state index contributed by atoms with van der Waals surface area (Å²) >= 11 is 0. The third kappa shape index (κ3) is 2.24. The molecule has 0 atom stereocenters. The van der Waals surface area contributed by atoms with Crippen LogP contribution in [0.1, 0.15) is 47.4 Å². The van der Waals surface area contributed by atoms with Crippen molar-refractivity contribution >= 4 is 17.5 Å². The SMILES string of the molecule is COC(=O)c1ccn2c(C(C)(C)C)nc(C(=O)O)c2c1. The number of nitrogens with zero attached hydrogens (tertiary/aromatic N) is 2. The van der Waals surface area contributed by atoms with Crippen LogP contribution in [-0.2, 0) is 10.2 Å². The zero-order valence-corrected chi connectivity index (χ0v) is 11.8. The number of pyridine rings is 1. The largest absolute Gasteiger partial charge is 0.476 e. The molecule has 0 unspecified atom stereocenters. The number of aromatic nitrogens is 2. The molecule has 2 heterocycles. The molecular weight excluding hydrogens is 260 g/mol. The first-order chi connectivity index (χ1) is 9.25. The van der Waals surface area contributed by atoms with E-state index in [9.17, 15) is 14.7 Å². The van der Waals surface area contributed by atoms with Gasteiger partial charge in [0.25, 0.3) is 0 Å². The molecule has 106 valence electrons. The van der Waals surface area contributed by atoms with E-state index in [0.717, 1.165) is 0 Å². The maximum Gasteiger partial charge on any atom is 0.356 e. The number of fused-ring (bicyclic) bond motifs is 1. The van der Waals surface area contributed by atoms with E-state index >= 15 is 0 Å². The molecule has 0 spiro atoms. The highest BCUT2D eigenvalue weighted by atomic mass is 16.5. The number of carboxylic acid groups (broad SMARTS) is 1. The van der Waals surface area contributed by atoms with Crippen molar-refractivity contribution in [3.8, 4) is 0 Å². The number of ether oxygens (including phenoxy) is 1. The summed E-state index contributed by atoms with van der Waals surface area (Å²) in [7, 11) is 1.28. The number of carbonyl (C=O) groups excluding carboxylic acids is 1. The van der Waals surface area contributed by atoms with Gasteiger partial charge in [0.05, 0.1) is 18.2 Å². The lowest BCUT2D eigenvalue weighted by atomic mass is 9.96. The molecule has 6 nitrogen and oxygen atoms in total. The molecule has 0 saturated carbocycles. The van der Waals surface area contributed by atoms with Crippen LogP contribution in [0.15, 0.2) is 18.3 Å². The monoisotopic (exact) mass is 276 g/mol. The second kappa shape index (κ2) is 4.63. The Bertz CT molecular complexity index is 695. The minimum absolute atomic E-state index is 0.0688. The van der Waals surface area contributed by atoms with Gasteiger partial charge in [-0.3, -0.25) is 0 Å². The molecule has 0 amide bonds. The van der Waals surface area contributed by atoms with E-state index in [2.05, 4.69) is 9.72 Å². The fraction of sp³-hybridized carbons (Fsp3) is 0.357. The van der Waals surface area contributed by atoms with Crippen LogP contribution in [0.3, 0.4) is 0 Å². The fourth-order valence-corrected chi connectivity index (χ4v) is 2.02. The van der Waals surface area contributed by atoms with Crippen molar-refractivity contribution in [3.63, 3.8) is 0 Å². The van der Waals surface area contributed by atoms with Gasteiger partial charge < -0.3 is 14.2 Å². The Balaban J connectivity index is 2.77. The first-order valence-corrected chi connectivity index (χ1v) is 6.10. The van der Waals surface area contributed by atoms with Crippen LogP contribution >= 0.6 is 0 Å². The molecule has 0 bridgehead atoms. The van der Waals surface area contributed by atoms with Gasteiger partial charge in [0.15, 0.2) is 5.69 Å². The van der Waals surface area contributed by atoms with E-state index in [1.54, 1.807) is 16.7 Å². The van der Waals surface area contributed by atoms with Gasteiger partial charge in [-0.05, 0) is 12.1 Å².